The number of ether oxygens (including phenoxy) is 1. The first-order valence-electron chi connectivity index (χ1n) is 7.99. The van der Waals surface area contributed by atoms with Crippen molar-refractivity contribution in [3.8, 4) is 11.4 Å². The number of fused-ring (bicyclic) bond motifs is 1. The highest BCUT2D eigenvalue weighted by atomic mass is 16.5. The van der Waals surface area contributed by atoms with Crippen LogP contribution >= 0.6 is 0 Å². The lowest BCUT2D eigenvalue weighted by atomic mass is 10.2. The molecule has 1 N–H and O–H groups in total. The molecule has 0 radical (unpaired) electrons. The minimum absolute atomic E-state index is 0.214. The number of hydrogen-bond donors (Lipinski definition) is 1. The number of para-hydroxylation sites is 2. The van der Waals surface area contributed by atoms with Gasteiger partial charge in [-0.25, -0.2) is 4.98 Å². The highest BCUT2D eigenvalue weighted by Gasteiger charge is 2.15. The molecule has 1 amide bonds. The second kappa shape index (κ2) is 7.18. The van der Waals surface area contributed by atoms with Crippen molar-refractivity contribution in [2.45, 2.75) is 20.3 Å². The molecule has 7 heteroatoms. The zero-order chi connectivity index (χ0) is 18.7. The van der Waals surface area contributed by atoms with Gasteiger partial charge in [-0.05, 0) is 43.3 Å². The standard InChI is InChI=1S/C19H17N3O4/c1-12(23)11-18(25)21-19-20-16-5-3-4-6-17(16)22(19)14-7-9-15(10-8-14)26-13(2)24/h3-10H,11H2,1-2H3,(H,20,21,25). The monoisotopic (exact) mass is 351 g/mol. The van der Waals surface area contributed by atoms with E-state index in [4.69, 9.17) is 4.74 Å². The quantitative estimate of drug-likeness (QED) is 0.434. The second-order valence-electron chi connectivity index (χ2n) is 5.77. The number of anilines is 1. The summed E-state index contributed by atoms with van der Waals surface area (Å²) in [6, 6.07) is 14.3. The van der Waals surface area contributed by atoms with Gasteiger partial charge in [0, 0.05) is 12.6 Å². The van der Waals surface area contributed by atoms with E-state index in [2.05, 4.69) is 10.3 Å². The Morgan fingerprint density at radius 3 is 2.38 bits per heavy atom. The summed E-state index contributed by atoms with van der Waals surface area (Å²) in [6.07, 6.45) is -0.214. The third-order valence-corrected chi connectivity index (χ3v) is 3.58. The van der Waals surface area contributed by atoms with Gasteiger partial charge in [-0.1, -0.05) is 12.1 Å². The van der Waals surface area contributed by atoms with Crippen molar-refractivity contribution in [3.63, 3.8) is 0 Å². The number of hydrogen-bond acceptors (Lipinski definition) is 5. The summed E-state index contributed by atoms with van der Waals surface area (Å²) >= 11 is 0. The Labute approximate surface area is 149 Å². The van der Waals surface area contributed by atoms with Crippen LogP contribution in [0.5, 0.6) is 5.75 Å². The molecule has 0 aliphatic heterocycles. The largest absolute Gasteiger partial charge is 0.427 e. The van der Waals surface area contributed by atoms with E-state index in [9.17, 15) is 14.4 Å². The maximum absolute atomic E-state index is 12.0. The zero-order valence-electron chi connectivity index (χ0n) is 14.4. The molecule has 1 heterocycles. The van der Waals surface area contributed by atoms with Crippen LogP contribution in [-0.4, -0.2) is 27.2 Å². The molecule has 0 saturated carbocycles. The Morgan fingerprint density at radius 1 is 1.04 bits per heavy atom. The van der Waals surface area contributed by atoms with Gasteiger partial charge in [-0.15, -0.1) is 0 Å². The molecule has 0 spiro atoms. The number of nitrogens with one attached hydrogen (secondary N) is 1. The molecule has 1 aromatic heterocycles. The minimum atomic E-state index is -0.425. The van der Waals surface area contributed by atoms with Gasteiger partial charge < -0.3 is 4.74 Å². The average Bonchev–Trinajstić information content (AvgIpc) is 2.92. The molecule has 3 aromatic rings. The van der Waals surface area contributed by atoms with E-state index in [0.717, 1.165) is 11.2 Å². The number of ketones is 1. The van der Waals surface area contributed by atoms with Gasteiger partial charge in [0.15, 0.2) is 0 Å². The molecule has 0 fully saturated rings. The van der Waals surface area contributed by atoms with Gasteiger partial charge in [-0.2, -0.15) is 0 Å². The van der Waals surface area contributed by atoms with Crippen molar-refractivity contribution in [1.29, 1.82) is 0 Å². The highest BCUT2D eigenvalue weighted by molar-refractivity contribution is 6.03. The average molecular weight is 351 g/mol. The number of rotatable bonds is 5. The molecule has 0 atom stereocenters. The van der Waals surface area contributed by atoms with E-state index in [1.165, 1.54) is 13.8 Å². The van der Waals surface area contributed by atoms with Crippen LogP contribution in [0.2, 0.25) is 0 Å². The molecule has 0 bridgehead atoms. The van der Waals surface area contributed by atoms with Gasteiger partial charge in [0.25, 0.3) is 0 Å². The predicted molar refractivity (Wildman–Crippen MR) is 96.3 cm³/mol. The van der Waals surface area contributed by atoms with Crippen LogP contribution in [0.4, 0.5) is 5.95 Å². The first kappa shape index (κ1) is 17.3. The number of aromatic nitrogens is 2. The third-order valence-electron chi connectivity index (χ3n) is 3.58. The van der Waals surface area contributed by atoms with Crippen LogP contribution < -0.4 is 10.1 Å². The van der Waals surface area contributed by atoms with E-state index in [-0.39, 0.29) is 12.2 Å². The summed E-state index contributed by atoms with van der Waals surface area (Å²) < 4.78 is 6.81. The summed E-state index contributed by atoms with van der Waals surface area (Å²) in [7, 11) is 0. The Morgan fingerprint density at radius 2 is 1.73 bits per heavy atom. The van der Waals surface area contributed by atoms with Gasteiger partial charge in [0.05, 0.1) is 17.5 Å². The summed E-state index contributed by atoms with van der Waals surface area (Å²) in [5, 5.41) is 2.68. The SMILES string of the molecule is CC(=O)CC(=O)Nc1nc2ccccc2n1-c1ccc(OC(C)=O)cc1. The van der Waals surface area contributed by atoms with E-state index in [1.54, 1.807) is 28.8 Å². The number of benzene rings is 2. The van der Waals surface area contributed by atoms with E-state index >= 15 is 0 Å². The summed E-state index contributed by atoms with van der Waals surface area (Å²) in [5.41, 5.74) is 2.23. The van der Waals surface area contributed by atoms with Crippen molar-refractivity contribution < 1.29 is 19.1 Å². The van der Waals surface area contributed by atoms with Gasteiger partial charge >= 0.3 is 5.97 Å². The first-order chi connectivity index (χ1) is 12.4. The number of carbonyl (C=O) groups is 3. The van der Waals surface area contributed by atoms with Crippen LogP contribution in [0.25, 0.3) is 16.7 Å². The molecule has 3 rings (SSSR count). The van der Waals surface area contributed by atoms with E-state index in [1.807, 2.05) is 24.3 Å². The fraction of sp³-hybridized carbons (Fsp3) is 0.158. The smallest absolute Gasteiger partial charge is 0.308 e. The molecule has 7 nitrogen and oxygen atoms in total. The van der Waals surface area contributed by atoms with E-state index in [0.29, 0.717) is 17.2 Å². The first-order valence-corrected chi connectivity index (χ1v) is 7.99. The van der Waals surface area contributed by atoms with Crippen LogP contribution in [0.3, 0.4) is 0 Å². The number of amides is 1. The molecular formula is C19H17N3O4. The number of imidazole rings is 1. The molecular weight excluding hydrogens is 334 g/mol. The Kier molecular flexibility index (Phi) is 4.79. The van der Waals surface area contributed by atoms with Crippen LogP contribution in [0.1, 0.15) is 20.3 Å². The lowest BCUT2D eigenvalue weighted by Gasteiger charge is -2.10. The number of carbonyl (C=O) groups excluding carboxylic acids is 3. The normalized spacial score (nSPS) is 10.5. The van der Waals surface area contributed by atoms with Crippen LogP contribution in [-0.2, 0) is 14.4 Å². The van der Waals surface area contributed by atoms with Crippen LogP contribution in [0, 0.1) is 0 Å². The summed E-state index contributed by atoms with van der Waals surface area (Å²) in [5.74, 6) is -0.310. The highest BCUT2D eigenvalue weighted by Crippen LogP contribution is 2.26. The van der Waals surface area contributed by atoms with Crippen molar-refractivity contribution >= 4 is 34.6 Å². The Bertz CT molecular complexity index is 990. The number of Topliss-reactive ketones (excluding diaryl/α,β-unsaturated/α-hetero) is 1. The second-order valence-corrected chi connectivity index (χ2v) is 5.77. The molecule has 132 valence electrons. The van der Waals surface area contributed by atoms with Crippen molar-refractivity contribution in [1.82, 2.24) is 9.55 Å². The minimum Gasteiger partial charge on any atom is -0.427 e. The van der Waals surface area contributed by atoms with Gasteiger partial charge in [-0.3, -0.25) is 24.3 Å². The molecule has 0 aliphatic rings. The topological polar surface area (TPSA) is 90.3 Å². The van der Waals surface area contributed by atoms with Crippen molar-refractivity contribution in [2.75, 3.05) is 5.32 Å². The molecule has 0 saturated heterocycles. The lowest BCUT2D eigenvalue weighted by molar-refractivity contribution is -0.132. The van der Waals surface area contributed by atoms with Gasteiger partial charge in [0.2, 0.25) is 11.9 Å². The fourth-order valence-corrected chi connectivity index (χ4v) is 2.60. The molecule has 2 aromatic carbocycles. The van der Waals surface area contributed by atoms with Crippen molar-refractivity contribution in [2.24, 2.45) is 0 Å². The fourth-order valence-electron chi connectivity index (χ4n) is 2.60. The van der Waals surface area contributed by atoms with E-state index < -0.39 is 11.9 Å². The maximum Gasteiger partial charge on any atom is 0.308 e. The Hall–Kier alpha value is -3.48. The zero-order valence-corrected chi connectivity index (χ0v) is 14.4. The number of nitrogens with zero attached hydrogens (tertiary/aromatic N) is 2. The Balaban J connectivity index is 2.02. The number of esters is 1. The lowest BCUT2D eigenvalue weighted by Crippen LogP contribution is -2.17. The molecule has 26 heavy (non-hydrogen) atoms. The summed E-state index contributed by atoms with van der Waals surface area (Å²) in [6.45, 7) is 2.69. The van der Waals surface area contributed by atoms with Crippen molar-refractivity contribution in [3.05, 3.63) is 48.5 Å². The maximum atomic E-state index is 12.0. The van der Waals surface area contributed by atoms with Crippen LogP contribution in [0.15, 0.2) is 48.5 Å². The molecule has 0 aliphatic carbocycles. The summed E-state index contributed by atoms with van der Waals surface area (Å²) in [4.78, 5) is 38.7. The molecule has 0 unspecified atom stereocenters. The van der Waals surface area contributed by atoms with Gasteiger partial charge in [0.1, 0.15) is 11.5 Å². The third kappa shape index (κ3) is 3.77. The predicted octanol–water partition coefficient (Wildman–Crippen LogP) is 2.87.